The molecule has 2 atom stereocenters. The van der Waals surface area contributed by atoms with E-state index in [9.17, 15) is 4.79 Å². The van der Waals surface area contributed by atoms with E-state index in [0.717, 1.165) is 24.3 Å². The van der Waals surface area contributed by atoms with Crippen molar-refractivity contribution >= 4 is 11.6 Å². The molecule has 0 aliphatic heterocycles. The highest BCUT2D eigenvalue weighted by Crippen LogP contribution is 2.51. The number of amides is 1. The standard InChI is InChI=1S/C20H19NO2/c1-23-17-12-11-16(21-20(22)15-5-3-2-4-6-15)18-13-7-9-14(10-8-13)19(17)18/h2-7,9,11-14H,8,10H2,1H3,(H,21,22)/t13-,14+/m1/s1. The largest absolute Gasteiger partial charge is 0.496 e. The van der Waals surface area contributed by atoms with E-state index in [4.69, 9.17) is 4.74 Å². The lowest BCUT2D eigenvalue weighted by atomic mass is 9.70. The van der Waals surface area contributed by atoms with Gasteiger partial charge in [0.25, 0.3) is 5.91 Å². The first-order valence-corrected chi connectivity index (χ1v) is 8.03. The fourth-order valence-corrected chi connectivity index (χ4v) is 3.77. The van der Waals surface area contributed by atoms with Crippen LogP contribution in [0.25, 0.3) is 0 Å². The average molecular weight is 305 g/mol. The third-order valence-corrected chi connectivity index (χ3v) is 4.86. The Labute approximate surface area is 136 Å². The highest BCUT2D eigenvalue weighted by molar-refractivity contribution is 6.05. The number of methoxy groups -OCH3 is 1. The fourth-order valence-electron chi connectivity index (χ4n) is 3.77. The number of ether oxygens (including phenoxy) is 1. The Morgan fingerprint density at radius 1 is 1.00 bits per heavy atom. The number of benzene rings is 2. The van der Waals surface area contributed by atoms with Gasteiger partial charge in [-0.15, -0.1) is 0 Å². The molecule has 0 fully saturated rings. The van der Waals surface area contributed by atoms with Gasteiger partial charge in [0.1, 0.15) is 5.75 Å². The zero-order valence-electron chi connectivity index (χ0n) is 13.1. The summed E-state index contributed by atoms with van der Waals surface area (Å²) in [6.45, 7) is 0. The van der Waals surface area contributed by atoms with Crippen molar-refractivity contribution in [2.45, 2.75) is 24.7 Å². The van der Waals surface area contributed by atoms with Crippen LogP contribution in [0.3, 0.4) is 0 Å². The molecule has 3 aliphatic carbocycles. The Morgan fingerprint density at radius 2 is 1.70 bits per heavy atom. The van der Waals surface area contributed by atoms with Crippen molar-refractivity contribution in [2.24, 2.45) is 0 Å². The monoisotopic (exact) mass is 305 g/mol. The quantitative estimate of drug-likeness (QED) is 0.849. The molecule has 0 saturated heterocycles. The summed E-state index contributed by atoms with van der Waals surface area (Å²) in [5.41, 5.74) is 4.06. The Hall–Kier alpha value is -2.55. The Balaban J connectivity index is 1.74. The lowest BCUT2D eigenvalue weighted by Crippen LogP contribution is -2.22. The predicted octanol–water partition coefficient (Wildman–Crippen LogP) is 4.48. The second-order valence-corrected chi connectivity index (χ2v) is 6.14. The highest BCUT2D eigenvalue weighted by atomic mass is 16.5. The van der Waals surface area contributed by atoms with Gasteiger partial charge in [-0.2, -0.15) is 0 Å². The van der Waals surface area contributed by atoms with Crippen LogP contribution in [0.2, 0.25) is 0 Å². The maximum absolute atomic E-state index is 12.5. The van der Waals surface area contributed by atoms with Crippen LogP contribution in [0.4, 0.5) is 5.69 Å². The maximum Gasteiger partial charge on any atom is 0.255 e. The number of nitrogens with one attached hydrogen (secondary N) is 1. The second kappa shape index (κ2) is 5.58. The molecule has 0 unspecified atom stereocenters. The molecule has 0 radical (unpaired) electrons. The number of hydrogen-bond donors (Lipinski definition) is 1. The topological polar surface area (TPSA) is 38.3 Å². The van der Waals surface area contributed by atoms with Crippen LogP contribution >= 0.6 is 0 Å². The van der Waals surface area contributed by atoms with Gasteiger partial charge in [-0.3, -0.25) is 4.79 Å². The summed E-state index contributed by atoms with van der Waals surface area (Å²) in [6, 6.07) is 13.3. The van der Waals surface area contributed by atoms with Gasteiger partial charge in [-0.05, 0) is 42.7 Å². The van der Waals surface area contributed by atoms with E-state index < -0.39 is 0 Å². The summed E-state index contributed by atoms with van der Waals surface area (Å²) in [5, 5.41) is 3.09. The van der Waals surface area contributed by atoms with Crippen LogP contribution in [0, 0.1) is 0 Å². The molecule has 23 heavy (non-hydrogen) atoms. The summed E-state index contributed by atoms with van der Waals surface area (Å²) in [5.74, 6) is 1.63. The van der Waals surface area contributed by atoms with Gasteiger partial charge in [0.2, 0.25) is 0 Å². The molecule has 116 valence electrons. The first kappa shape index (κ1) is 14.1. The molecule has 5 rings (SSSR count). The van der Waals surface area contributed by atoms with Crippen LogP contribution in [0.15, 0.2) is 54.6 Å². The van der Waals surface area contributed by atoms with E-state index in [-0.39, 0.29) is 5.91 Å². The van der Waals surface area contributed by atoms with E-state index in [0.29, 0.717) is 17.4 Å². The SMILES string of the molecule is COc1ccc(NC(=O)c2ccccc2)c2c1[C@H]1C=C[C@@H]2CC1. The molecule has 3 heteroatoms. The zero-order chi connectivity index (χ0) is 15.8. The van der Waals surface area contributed by atoms with Crippen LogP contribution in [-0.4, -0.2) is 13.0 Å². The third-order valence-electron chi connectivity index (χ3n) is 4.86. The minimum atomic E-state index is -0.0663. The Morgan fingerprint density at radius 3 is 2.35 bits per heavy atom. The van der Waals surface area contributed by atoms with Gasteiger partial charge in [0.15, 0.2) is 0 Å². The average Bonchev–Trinajstić information content (AvgIpc) is 2.63. The first-order valence-electron chi connectivity index (χ1n) is 8.03. The molecule has 3 nitrogen and oxygen atoms in total. The summed E-state index contributed by atoms with van der Waals surface area (Å²) in [6.07, 6.45) is 6.84. The normalized spacial score (nSPS) is 20.9. The van der Waals surface area contributed by atoms with Gasteiger partial charge in [0.05, 0.1) is 7.11 Å². The lowest BCUT2D eigenvalue weighted by Gasteiger charge is -2.36. The van der Waals surface area contributed by atoms with E-state index in [1.807, 2.05) is 42.5 Å². The van der Waals surface area contributed by atoms with Gasteiger partial charge in [-0.1, -0.05) is 30.4 Å². The van der Waals surface area contributed by atoms with Crippen LogP contribution in [-0.2, 0) is 0 Å². The van der Waals surface area contributed by atoms with E-state index in [2.05, 4.69) is 17.5 Å². The molecule has 2 aromatic rings. The van der Waals surface area contributed by atoms with Crippen molar-refractivity contribution < 1.29 is 9.53 Å². The number of carbonyl (C=O) groups is 1. The minimum Gasteiger partial charge on any atom is -0.496 e. The third kappa shape index (κ3) is 2.33. The van der Waals surface area contributed by atoms with E-state index in [1.54, 1.807) is 7.11 Å². The minimum absolute atomic E-state index is 0.0663. The molecule has 1 amide bonds. The maximum atomic E-state index is 12.5. The van der Waals surface area contributed by atoms with Crippen LogP contribution < -0.4 is 10.1 Å². The molecule has 2 aromatic carbocycles. The summed E-state index contributed by atoms with van der Waals surface area (Å²) in [7, 11) is 1.71. The molecule has 0 spiro atoms. The molecule has 3 aliphatic rings. The van der Waals surface area contributed by atoms with Crippen molar-refractivity contribution in [3.8, 4) is 5.75 Å². The van der Waals surface area contributed by atoms with E-state index >= 15 is 0 Å². The van der Waals surface area contributed by atoms with Crippen molar-refractivity contribution in [1.82, 2.24) is 0 Å². The fraction of sp³-hybridized carbons (Fsp3) is 0.250. The Bertz CT molecular complexity index is 780. The summed E-state index contributed by atoms with van der Waals surface area (Å²) >= 11 is 0. The van der Waals surface area contributed by atoms with Crippen molar-refractivity contribution in [3.05, 3.63) is 71.3 Å². The van der Waals surface area contributed by atoms with Crippen LogP contribution in [0.5, 0.6) is 5.75 Å². The van der Waals surface area contributed by atoms with Crippen LogP contribution in [0.1, 0.15) is 46.2 Å². The van der Waals surface area contributed by atoms with Gasteiger partial charge < -0.3 is 10.1 Å². The predicted molar refractivity (Wildman–Crippen MR) is 91.2 cm³/mol. The number of carbonyl (C=O) groups excluding carboxylic acids is 1. The zero-order valence-corrected chi connectivity index (χ0v) is 13.1. The molecular formula is C20H19NO2. The first-order chi connectivity index (χ1) is 11.3. The van der Waals surface area contributed by atoms with Gasteiger partial charge in [-0.25, -0.2) is 0 Å². The summed E-state index contributed by atoms with van der Waals surface area (Å²) in [4.78, 5) is 12.5. The van der Waals surface area contributed by atoms with E-state index in [1.165, 1.54) is 11.1 Å². The highest BCUT2D eigenvalue weighted by Gasteiger charge is 2.33. The van der Waals surface area contributed by atoms with Crippen molar-refractivity contribution in [1.29, 1.82) is 0 Å². The molecule has 2 bridgehead atoms. The summed E-state index contributed by atoms with van der Waals surface area (Å²) < 4.78 is 5.56. The molecule has 0 saturated carbocycles. The molecule has 1 N–H and O–H groups in total. The molecular weight excluding hydrogens is 286 g/mol. The molecule has 0 aromatic heterocycles. The molecule has 0 heterocycles. The number of hydrogen-bond acceptors (Lipinski definition) is 2. The smallest absolute Gasteiger partial charge is 0.255 e. The van der Waals surface area contributed by atoms with Gasteiger partial charge >= 0.3 is 0 Å². The van der Waals surface area contributed by atoms with Crippen molar-refractivity contribution in [2.75, 3.05) is 12.4 Å². The number of fused-ring (bicyclic) bond motifs is 1. The Kier molecular flexibility index (Phi) is 3.41. The van der Waals surface area contributed by atoms with Gasteiger partial charge in [0, 0.05) is 28.7 Å². The second-order valence-electron chi connectivity index (χ2n) is 6.14. The number of allylic oxidation sites excluding steroid dienone is 2. The number of anilines is 1. The number of rotatable bonds is 3. The van der Waals surface area contributed by atoms with Crippen molar-refractivity contribution in [3.63, 3.8) is 0 Å². The lowest BCUT2D eigenvalue weighted by molar-refractivity contribution is 0.102.